The van der Waals surface area contributed by atoms with E-state index >= 15 is 0 Å². The maximum absolute atomic E-state index is 12.0. The van der Waals surface area contributed by atoms with Gasteiger partial charge in [-0.15, -0.1) is 0 Å². The predicted molar refractivity (Wildman–Crippen MR) is 75.8 cm³/mol. The van der Waals surface area contributed by atoms with E-state index in [9.17, 15) is 8.42 Å². The van der Waals surface area contributed by atoms with Crippen LogP contribution in [0.25, 0.3) is 0 Å². The molecular weight excluding hydrogens is 316 g/mol. The third kappa shape index (κ3) is 3.02. The van der Waals surface area contributed by atoms with Gasteiger partial charge in [0.25, 0.3) is 10.0 Å². The number of rotatable bonds is 3. The number of benzene rings is 2. The highest BCUT2D eigenvalue weighted by Crippen LogP contribution is 2.19. The fourth-order valence-corrected chi connectivity index (χ4v) is 2.70. The summed E-state index contributed by atoms with van der Waals surface area (Å²) in [6.45, 7) is 0. The van der Waals surface area contributed by atoms with Gasteiger partial charge in [0.05, 0.1) is 4.90 Å². The summed E-state index contributed by atoms with van der Waals surface area (Å²) in [5.74, 6) is 0. The molecule has 6 heteroatoms. The van der Waals surface area contributed by atoms with Crippen LogP contribution in [0.1, 0.15) is 0 Å². The van der Waals surface area contributed by atoms with Crippen LogP contribution in [0.15, 0.2) is 57.9 Å². The highest BCUT2D eigenvalue weighted by molar-refractivity contribution is 9.10. The maximum Gasteiger partial charge on any atom is 0.261 e. The van der Waals surface area contributed by atoms with E-state index in [1.165, 1.54) is 12.1 Å². The van der Waals surface area contributed by atoms with Gasteiger partial charge >= 0.3 is 0 Å². The Labute approximate surface area is 114 Å². The summed E-state index contributed by atoms with van der Waals surface area (Å²) >= 11 is 3.26. The Balaban J connectivity index is 2.27. The molecule has 0 unspecified atom stereocenters. The van der Waals surface area contributed by atoms with Gasteiger partial charge in [-0.3, -0.25) is 4.72 Å². The van der Waals surface area contributed by atoms with E-state index in [0.29, 0.717) is 11.4 Å². The second kappa shape index (κ2) is 4.99. The minimum Gasteiger partial charge on any atom is -0.399 e. The van der Waals surface area contributed by atoms with Crippen LogP contribution in [0, 0.1) is 0 Å². The van der Waals surface area contributed by atoms with Crippen molar-refractivity contribution in [2.24, 2.45) is 0 Å². The van der Waals surface area contributed by atoms with Gasteiger partial charge in [0.2, 0.25) is 0 Å². The maximum atomic E-state index is 12.0. The summed E-state index contributed by atoms with van der Waals surface area (Å²) in [5.41, 5.74) is 6.60. The molecule has 2 aromatic carbocycles. The van der Waals surface area contributed by atoms with Crippen molar-refractivity contribution in [1.82, 2.24) is 0 Å². The highest BCUT2D eigenvalue weighted by atomic mass is 79.9. The molecule has 0 atom stereocenters. The molecule has 0 heterocycles. The van der Waals surface area contributed by atoms with Crippen LogP contribution in [0.5, 0.6) is 0 Å². The van der Waals surface area contributed by atoms with E-state index in [4.69, 9.17) is 5.73 Å². The van der Waals surface area contributed by atoms with Gasteiger partial charge < -0.3 is 5.73 Å². The lowest BCUT2D eigenvalue weighted by Gasteiger charge is -2.08. The second-order valence-electron chi connectivity index (χ2n) is 3.68. The Hall–Kier alpha value is -1.53. The Kier molecular flexibility index (Phi) is 3.58. The van der Waals surface area contributed by atoms with Gasteiger partial charge in [-0.1, -0.05) is 15.9 Å². The average molecular weight is 327 g/mol. The number of nitrogens with two attached hydrogens (primary N) is 1. The number of hydrogen-bond acceptors (Lipinski definition) is 3. The zero-order valence-corrected chi connectivity index (χ0v) is 11.7. The molecule has 0 saturated carbocycles. The van der Waals surface area contributed by atoms with Gasteiger partial charge in [0.15, 0.2) is 0 Å². The van der Waals surface area contributed by atoms with Crippen molar-refractivity contribution in [3.63, 3.8) is 0 Å². The zero-order valence-electron chi connectivity index (χ0n) is 9.30. The molecule has 2 aromatic rings. The van der Waals surface area contributed by atoms with E-state index in [1.54, 1.807) is 36.4 Å². The first-order chi connectivity index (χ1) is 8.47. The van der Waals surface area contributed by atoms with E-state index in [2.05, 4.69) is 20.7 Å². The molecule has 18 heavy (non-hydrogen) atoms. The van der Waals surface area contributed by atoms with Crippen molar-refractivity contribution in [2.45, 2.75) is 4.90 Å². The molecular formula is C12H11BrN2O2S. The van der Waals surface area contributed by atoms with Crippen LogP contribution < -0.4 is 10.5 Å². The van der Waals surface area contributed by atoms with Crippen LogP contribution in [-0.4, -0.2) is 8.42 Å². The molecule has 0 amide bonds. The summed E-state index contributed by atoms with van der Waals surface area (Å²) < 4.78 is 27.4. The molecule has 0 fully saturated rings. The van der Waals surface area contributed by atoms with Crippen molar-refractivity contribution < 1.29 is 8.42 Å². The lowest BCUT2D eigenvalue weighted by molar-refractivity contribution is 0.601. The van der Waals surface area contributed by atoms with E-state index in [-0.39, 0.29) is 4.90 Å². The lowest BCUT2D eigenvalue weighted by atomic mass is 10.3. The number of nitrogens with one attached hydrogen (secondary N) is 1. The van der Waals surface area contributed by atoms with Gasteiger partial charge in [-0.25, -0.2) is 8.42 Å². The van der Waals surface area contributed by atoms with Gasteiger partial charge in [-0.05, 0) is 48.5 Å². The quantitative estimate of drug-likeness (QED) is 0.852. The highest BCUT2D eigenvalue weighted by Gasteiger charge is 2.13. The number of anilines is 2. The number of nitrogen functional groups attached to an aromatic ring is 1. The Morgan fingerprint density at radius 1 is 0.944 bits per heavy atom. The molecule has 4 nitrogen and oxygen atoms in total. The Bertz CT molecular complexity index is 637. The normalized spacial score (nSPS) is 11.2. The SMILES string of the molecule is Nc1ccc(NS(=O)(=O)c2ccc(Br)cc2)cc1. The first-order valence-electron chi connectivity index (χ1n) is 5.11. The first kappa shape index (κ1) is 12.9. The largest absolute Gasteiger partial charge is 0.399 e. The smallest absolute Gasteiger partial charge is 0.261 e. The molecule has 0 bridgehead atoms. The van der Waals surface area contributed by atoms with Crippen LogP contribution in [-0.2, 0) is 10.0 Å². The topological polar surface area (TPSA) is 72.2 Å². The second-order valence-corrected chi connectivity index (χ2v) is 6.28. The van der Waals surface area contributed by atoms with E-state index in [1.807, 2.05) is 0 Å². The molecule has 2 rings (SSSR count). The van der Waals surface area contributed by atoms with Gasteiger partial charge in [0, 0.05) is 15.8 Å². The van der Waals surface area contributed by atoms with Crippen molar-refractivity contribution in [3.8, 4) is 0 Å². The molecule has 0 aliphatic heterocycles. The average Bonchev–Trinajstić information content (AvgIpc) is 2.32. The fraction of sp³-hybridized carbons (Fsp3) is 0. The molecule has 0 aliphatic rings. The van der Waals surface area contributed by atoms with Crippen LogP contribution in [0.4, 0.5) is 11.4 Å². The Morgan fingerprint density at radius 2 is 1.50 bits per heavy atom. The lowest BCUT2D eigenvalue weighted by Crippen LogP contribution is -2.12. The number of sulfonamides is 1. The number of halogens is 1. The molecule has 0 aromatic heterocycles. The molecule has 94 valence electrons. The standard InChI is InChI=1S/C12H11BrN2O2S/c13-9-1-7-12(8-2-9)18(16,17)15-11-5-3-10(14)4-6-11/h1-8,15H,14H2. The monoisotopic (exact) mass is 326 g/mol. The molecule has 3 N–H and O–H groups in total. The van der Waals surface area contributed by atoms with Crippen LogP contribution >= 0.6 is 15.9 Å². The molecule has 0 radical (unpaired) electrons. The third-order valence-electron chi connectivity index (χ3n) is 2.29. The van der Waals surface area contributed by atoms with Crippen molar-refractivity contribution in [1.29, 1.82) is 0 Å². The number of hydrogen-bond donors (Lipinski definition) is 2. The van der Waals surface area contributed by atoms with E-state index in [0.717, 1.165) is 4.47 Å². The van der Waals surface area contributed by atoms with Crippen molar-refractivity contribution in [2.75, 3.05) is 10.5 Å². The van der Waals surface area contributed by atoms with Gasteiger partial charge in [0.1, 0.15) is 0 Å². The Morgan fingerprint density at radius 3 is 2.06 bits per heavy atom. The van der Waals surface area contributed by atoms with E-state index < -0.39 is 10.0 Å². The minimum absolute atomic E-state index is 0.211. The zero-order chi connectivity index (χ0) is 13.2. The van der Waals surface area contributed by atoms with Crippen molar-refractivity contribution in [3.05, 3.63) is 53.0 Å². The molecule has 0 aliphatic carbocycles. The molecule has 0 saturated heterocycles. The summed E-state index contributed by atoms with van der Waals surface area (Å²) in [7, 11) is -3.55. The molecule has 0 spiro atoms. The first-order valence-corrected chi connectivity index (χ1v) is 7.39. The van der Waals surface area contributed by atoms with Crippen LogP contribution in [0.3, 0.4) is 0 Å². The summed E-state index contributed by atoms with van der Waals surface area (Å²) in [6.07, 6.45) is 0. The summed E-state index contributed by atoms with van der Waals surface area (Å²) in [5, 5.41) is 0. The van der Waals surface area contributed by atoms with Crippen molar-refractivity contribution >= 4 is 37.3 Å². The minimum atomic E-state index is -3.55. The third-order valence-corrected chi connectivity index (χ3v) is 4.21. The predicted octanol–water partition coefficient (Wildman–Crippen LogP) is 2.83. The van der Waals surface area contributed by atoms with Gasteiger partial charge in [-0.2, -0.15) is 0 Å². The van der Waals surface area contributed by atoms with Crippen LogP contribution in [0.2, 0.25) is 0 Å². The summed E-state index contributed by atoms with van der Waals surface area (Å²) in [6, 6.07) is 12.9. The summed E-state index contributed by atoms with van der Waals surface area (Å²) in [4.78, 5) is 0.211. The fourth-order valence-electron chi connectivity index (χ4n) is 1.38.